The van der Waals surface area contributed by atoms with E-state index in [1.807, 2.05) is 59.8 Å². The molecule has 184 valence electrons. The number of rotatable bonds is 5. The molecule has 0 radical (unpaired) electrons. The number of fused-ring (bicyclic) bond motifs is 1. The van der Waals surface area contributed by atoms with Crippen molar-refractivity contribution < 1.29 is 9.59 Å². The predicted octanol–water partition coefficient (Wildman–Crippen LogP) is 2.53. The van der Waals surface area contributed by atoms with E-state index in [0.717, 1.165) is 41.6 Å². The van der Waals surface area contributed by atoms with Crippen LogP contribution in [0.15, 0.2) is 24.5 Å². The minimum atomic E-state index is -0.0314. The van der Waals surface area contributed by atoms with Crippen molar-refractivity contribution in [2.75, 3.05) is 32.7 Å². The van der Waals surface area contributed by atoms with Gasteiger partial charge in [-0.3, -0.25) is 24.2 Å². The Morgan fingerprint density at radius 2 is 1.74 bits per heavy atom. The third-order valence-electron chi connectivity index (χ3n) is 6.84. The molecule has 2 amide bonds. The van der Waals surface area contributed by atoms with E-state index in [2.05, 4.69) is 14.9 Å². The number of thiazole rings is 1. The summed E-state index contributed by atoms with van der Waals surface area (Å²) in [6.45, 7) is 11.4. The fourth-order valence-electron chi connectivity index (χ4n) is 4.98. The molecule has 5 rings (SSSR count). The number of hydrogen-bond donors (Lipinski definition) is 0. The van der Waals surface area contributed by atoms with Crippen molar-refractivity contribution in [3.63, 3.8) is 0 Å². The van der Waals surface area contributed by atoms with Gasteiger partial charge in [0.25, 0.3) is 11.8 Å². The Hall–Kier alpha value is -3.11. The Balaban J connectivity index is 1.30. The van der Waals surface area contributed by atoms with Gasteiger partial charge in [-0.1, -0.05) is 0 Å². The van der Waals surface area contributed by atoms with Crippen LogP contribution in [0, 0.1) is 13.8 Å². The van der Waals surface area contributed by atoms with Gasteiger partial charge in [-0.05, 0) is 38.5 Å². The summed E-state index contributed by atoms with van der Waals surface area (Å²) in [6.07, 6.45) is 4.33. The van der Waals surface area contributed by atoms with Crippen LogP contribution in [0.4, 0.5) is 0 Å². The van der Waals surface area contributed by atoms with E-state index in [1.54, 1.807) is 0 Å². The van der Waals surface area contributed by atoms with Crippen molar-refractivity contribution >= 4 is 23.2 Å². The third-order valence-corrected chi connectivity index (χ3v) is 7.90. The fraction of sp³-hybridized carbons (Fsp3) is 0.480. The molecule has 5 heterocycles. The molecule has 0 N–H and O–H groups in total. The number of amides is 2. The average molecular weight is 494 g/mol. The predicted molar refractivity (Wildman–Crippen MR) is 133 cm³/mol. The molecular weight excluding hydrogens is 462 g/mol. The van der Waals surface area contributed by atoms with Crippen LogP contribution in [-0.4, -0.2) is 79.0 Å². The van der Waals surface area contributed by atoms with Gasteiger partial charge in [-0.15, -0.1) is 11.3 Å². The second-order valence-electron chi connectivity index (χ2n) is 9.14. The quantitative estimate of drug-likeness (QED) is 0.543. The number of carbonyl (C=O) groups is 2. The van der Waals surface area contributed by atoms with Gasteiger partial charge >= 0.3 is 0 Å². The van der Waals surface area contributed by atoms with E-state index < -0.39 is 0 Å². The smallest absolute Gasteiger partial charge is 0.274 e. The Morgan fingerprint density at radius 3 is 2.40 bits per heavy atom. The Labute approximate surface area is 209 Å². The highest BCUT2D eigenvalue weighted by Crippen LogP contribution is 2.27. The molecular formula is C25H31N7O2S. The van der Waals surface area contributed by atoms with Gasteiger partial charge in [0.1, 0.15) is 4.88 Å². The van der Waals surface area contributed by atoms with Crippen molar-refractivity contribution in [2.24, 2.45) is 0 Å². The molecule has 3 aromatic heterocycles. The van der Waals surface area contributed by atoms with E-state index in [-0.39, 0.29) is 11.8 Å². The lowest BCUT2D eigenvalue weighted by Crippen LogP contribution is -2.48. The standard InChI is InChI=1S/C25H31N7O2S/c1-4-32-21-7-10-31(25(34)23-17(2)27-18(3)35-23)16-20(21)22(28-32)24(33)30-13-11-29(12-14-30)15-19-5-8-26-9-6-19/h5-6,8-9H,4,7,10-16H2,1-3H3. The van der Waals surface area contributed by atoms with E-state index in [9.17, 15) is 9.59 Å². The number of piperazine rings is 1. The maximum atomic E-state index is 13.6. The van der Waals surface area contributed by atoms with Gasteiger partial charge in [-0.25, -0.2) is 4.98 Å². The molecule has 2 aliphatic heterocycles. The Kier molecular flexibility index (Phi) is 6.66. The second kappa shape index (κ2) is 9.87. The van der Waals surface area contributed by atoms with E-state index in [4.69, 9.17) is 5.10 Å². The van der Waals surface area contributed by atoms with E-state index >= 15 is 0 Å². The van der Waals surface area contributed by atoms with Crippen molar-refractivity contribution in [3.05, 3.63) is 62.6 Å². The zero-order chi connectivity index (χ0) is 24.5. The zero-order valence-electron chi connectivity index (χ0n) is 20.5. The molecule has 3 aromatic rings. The molecule has 0 spiro atoms. The number of hydrogen-bond acceptors (Lipinski definition) is 7. The monoisotopic (exact) mass is 493 g/mol. The first-order chi connectivity index (χ1) is 16.9. The minimum absolute atomic E-state index is 0.00822. The first-order valence-electron chi connectivity index (χ1n) is 12.2. The minimum Gasteiger partial charge on any atom is -0.335 e. The lowest BCUT2D eigenvalue weighted by atomic mass is 10.0. The van der Waals surface area contributed by atoms with Crippen LogP contribution in [0.5, 0.6) is 0 Å². The van der Waals surface area contributed by atoms with E-state index in [1.165, 1.54) is 16.9 Å². The van der Waals surface area contributed by atoms with Crippen LogP contribution >= 0.6 is 11.3 Å². The van der Waals surface area contributed by atoms with Crippen LogP contribution < -0.4 is 0 Å². The fourth-order valence-corrected chi connectivity index (χ4v) is 5.86. The van der Waals surface area contributed by atoms with Crippen molar-refractivity contribution in [1.29, 1.82) is 0 Å². The summed E-state index contributed by atoms with van der Waals surface area (Å²) >= 11 is 1.43. The van der Waals surface area contributed by atoms with Gasteiger partial charge in [0, 0.05) is 75.9 Å². The highest BCUT2D eigenvalue weighted by atomic mass is 32.1. The number of aromatic nitrogens is 4. The molecule has 35 heavy (non-hydrogen) atoms. The number of nitrogens with zero attached hydrogens (tertiary/aromatic N) is 7. The molecule has 1 saturated heterocycles. The molecule has 9 nitrogen and oxygen atoms in total. The largest absolute Gasteiger partial charge is 0.335 e. The van der Waals surface area contributed by atoms with Crippen molar-refractivity contribution in [3.8, 4) is 0 Å². The topological polar surface area (TPSA) is 87.5 Å². The molecule has 0 atom stereocenters. The highest BCUT2D eigenvalue weighted by Gasteiger charge is 2.33. The van der Waals surface area contributed by atoms with Crippen LogP contribution in [0.25, 0.3) is 0 Å². The first kappa shape index (κ1) is 23.6. The van der Waals surface area contributed by atoms with Crippen LogP contribution in [0.3, 0.4) is 0 Å². The summed E-state index contributed by atoms with van der Waals surface area (Å²) in [5, 5.41) is 5.61. The van der Waals surface area contributed by atoms with Gasteiger partial charge in [0.2, 0.25) is 0 Å². The summed E-state index contributed by atoms with van der Waals surface area (Å²) < 4.78 is 1.94. The van der Waals surface area contributed by atoms with Crippen LogP contribution in [-0.2, 0) is 26.1 Å². The zero-order valence-corrected chi connectivity index (χ0v) is 21.3. The molecule has 0 unspecified atom stereocenters. The summed E-state index contributed by atoms with van der Waals surface area (Å²) in [7, 11) is 0. The molecule has 10 heteroatoms. The Bertz CT molecular complexity index is 1230. The SMILES string of the molecule is CCn1nc(C(=O)N2CCN(Cc3ccncc3)CC2)c2c1CCN(C(=O)c1sc(C)nc1C)C2. The van der Waals surface area contributed by atoms with Crippen LogP contribution in [0.1, 0.15) is 54.6 Å². The van der Waals surface area contributed by atoms with Crippen molar-refractivity contribution in [2.45, 2.75) is 46.8 Å². The normalized spacial score (nSPS) is 16.4. The van der Waals surface area contributed by atoms with E-state index in [0.29, 0.717) is 49.7 Å². The van der Waals surface area contributed by atoms with Crippen molar-refractivity contribution in [1.82, 2.24) is 34.4 Å². The highest BCUT2D eigenvalue weighted by molar-refractivity contribution is 7.13. The molecule has 0 bridgehead atoms. The molecule has 2 aliphatic rings. The molecule has 0 aromatic carbocycles. The Morgan fingerprint density at radius 1 is 1.00 bits per heavy atom. The summed E-state index contributed by atoms with van der Waals surface area (Å²) in [6, 6.07) is 4.06. The third kappa shape index (κ3) is 4.72. The maximum absolute atomic E-state index is 13.6. The molecule has 0 aliphatic carbocycles. The van der Waals surface area contributed by atoms with Gasteiger partial charge in [0.05, 0.1) is 17.2 Å². The number of pyridine rings is 1. The summed E-state index contributed by atoms with van der Waals surface area (Å²) in [4.78, 5) is 42.1. The first-order valence-corrected chi connectivity index (χ1v) is 13.0. The number of carbonyl (C=O) groups excluding carboxylic acids is 2. The number of aryl methyl sites for hydroxylation is 3. The maximum Gasteiger partial charge on any atom is 0.274 e. The molecule has 1 fully saturated rings. The van der Waals surface area contributed by atoms with Gasteiger partial charge in [-0.2, -0.15) is 5.10 Å². The van der Waals surface area contributed by atoms with Gasteiger partial charge < -0.3 is 9.80 Å². The summed E-state index contributed by atoms with van der Waals surface area (Å²) in [5.41, 5.74) is 4.47. The second-order valence-corrected chi connectivity index (χ2v) is 10.3. The summed E-state index contributed by atoms with van der Waals surface area (Å²) in [5.74, 6) is -0.0396. The van der Waals surface area contributed by atoms with Gasteiger partial charge in [0.15, 0.2) is 5.69 Å². The lowest BCUT2D eigenvalue weighted by molar-refractivity contribution is 0.0615. The molecule has 0 saturated carbocycles. The van der Waals surface area contributed by atoms with Crippen LogP contribution in [0.2, 0.25) is 0 Å². The lowest BCUT2D eigenvalue weighted by Gasteiger charge is -2.34. The average Bonchev–Trinajstić information content (AvgIpc) is 3.42.